The number of rotatable bonds is 2. The number of amides is 2. The maximum Gasteiger partial charge on any atom is 0.270 e. The molecule has 0 radical (unpaired) electrons. The zero-order valence-electron chi connectivity index (χ0n) is 12.7. The van der Waals surface area contributed by atoms with Crippen LogP contribution < -0.4 is 10.2 Å². The van der Waals surface area contributed by atoms with Crippen molar-refractivity contribution < 1.29 is 9.59 Å². The van der Waals surface area contributed by atoms with Crippen LogP contribution in [0.1, 0.15) is 11.1 Å². The average molecular weight is 368 g/mol. The molecule has 2 amide bonds. The molecule has 5 nitrogen and oxygen atoms in total. The van der Waals surface area contributed by atoms with Crippen LogP contribution in [0.5, 0.6) is 0 Å². The Bertz CT molecular complexity index is 961. The molecule has 1 N–H and O–H groups in total. The number of benzene rings is 2. The lowest BCUT2D eigenvalue weighted by atomic mass is 10.1. The van der Waals surface area contributed by atoms with E-state index < -0.39 is 11.8 Å². The second-order valence-electron chi connectivity index (χ2n) is 5.17. The summed E-state index contributed by atoms with van der Waals surface area (Å²) in [6.07, 6.45) is 1.43. The highest BCUT2D eigenvalue weighted by molar-refractivity contribution is 7.80. The van der Waals surface area contributed by atoms with Crippen LogP contribution in [0.3, 0.4) is 0 Å². The van der Waals surface area contributed by atoms with Crippen LogP contribution >= 0.6 is 23.8 Å². The van der Waals surface area contributed by atoms with Gasteiger partial charge in [-0.15, -0.1) is 0 Å². The molecule has 25 heavy (non-hydrogen) atoms. The van der Waals surface area contributed by atoms with Crippen LogP contribution in [0.2, 0.25) is 5.02 Å². The zero-order valence-corrected chi connectivity index (χ0v) is 14.3. The number of carbonyl (C=O) groups is 2. The number of nitrogens with zero attached hydrogens (tertiary/aromatic N) is 2. The molecule has 2 aromatic rings. The van der Waals surface area contributed by atoms with E-state index in [-0.39, 0.29) is 10.7 Å². The first-order valence-electron chi connectivity index (χ1n) is 7.17. The fraction of sp³-hybridized carbons (Fsp3) is 0. The van der Waals surface area contributed by atoms with E-state index in [4.69, 9.17) is 29.1 Å². The summed E-state index contributed by atoms with van der Waals surface area (Å²) in [4.78, 5) is 26.2. The van der Waals surface area contributed by atoms with Gasteiger partial charge in [0.1, 0.15) is 5.57 Å². The molecule has 0 unspecified atom stereocenters. The minimum atomic E-state index is -0.581. The molecule has 122 valence electrons. The first kappa shape index (κ1) is 16.8. The Kier molecular flexibility index (Phi) is 4.61. The van der Waals surface area contributed by atoms with Gasteiger partial charge in [-0.25, -0.2) is 0 Å². The number of thiocarbonyl (C=S) groups is 1. The molecule has 0 aliphatic carbocycles. The van der Waals surface area contributed by atoms with Gasteiger partial charge in [0, 0.05) is 5.02 Å². The van der Waals surface area contributed by atoms with Crippen molar-refractivity contribution in [3.63, 3.8) is 0 Å². The minimum absolute atomic E-state index is 0.000230. The summed E-state index contributed by atoms with van der Waals surface area (Å²) in [6, 6.07) is 15.2. The highest BCUT2D eigenvalue weighted by Crippen LogP contribution is 2.23. The summed E-state index contributed by atoms with van der Waals surface area (Å²) < 4.78 is 0. The summed E-state index contributed by atoms with van der Waals surface area (Å²) >= 11 is 11.0. The molecule has 1 saturated heterocycles. The van der Waals surface area contributed by atoms with Crippen LogP contribution in [0.4, 0.5) is 5.69 Å². The van der Waals surface area contributed by atoms with E-state index >= 15 is 0 Å². The van der Waals surface area contributed by atoms with Gasteiger partial charge in [-0.3, -0.25) is 19.8 Å². The SMILES string of the molecule is N#Cc1cccc(/C=C2\C(=O)NC(=S)N(c3ccc(Cl)cc3)C2=O)c1. The predicted octanol–water partition coefficient (Wildman–Crippen LogP) is 3.04. The molecule has 0 aromatic heterocycles. The van der Waals surface area contributed by atoms with Gasteiger partial charge < -0.3 is 0 Å². The maximum atomic E-state index is 12.8. The van der Waals surface area contributed by atoms with E-state index in [1.54, 1.807) is 48.5 Å². The summed E-state index contributed by atoms with van der Waals surface area (Å²) in [5.41, 5.74) is 1.43. The lowest BCUT2D eigenvalue weighted by Gasteiger charge is -2.28. The molecule has 0 spiro atoms. The van der Waals surface area contributed by atoms with Gasteiger partial charge in [0.2, 0.25) is 0 Å². The molecular weight excluding hydrogens is 358 g/mol. The Balaban J connectivity index is 2.02. The van der Waals surface area contributed by atoms with Crippen LogP contribution in [-0.2, 0) is 9.59 Å². The third kappa shape index (κ3) is 3.43. The fourth-order valence-corrected chi connectivity index (χ4v) is 2.75. The molecule has 1 fully saturated rings. The number of halogens is 1. The number of hydrogen-bond acceptors (Lipinski definition) is 4. The van der Waals surface area contributed by atoms with E-state index in [1.807, 2.05) is 6.07 Å². The molecule has 0 atom stereocenters. The van der Waals surface area contributed by atoms with Gasteiger partial charge in [0.25, 0.3) is 11.8 Å². The van der Waals surface area contributed by atoms with Crippen molar-refractivity contribution in [1.82, 2.24) is 5.32 Å². The standard InChI is InChI=1S/C18H10ClN3O2S/c19-13-4-6-14(7-5-13)22-17(24)15(16(23)21-18(22)25)9-11-2-1-3-12(8-11)10-20/h1-9H,(H,21,23,25)/b15-9+. The third-order valence-electron chi connectivity index (χ3n) is 3.51. The number of hydrogen-bond donors (Lipinski definition) is 1. The molecule has 1 aliphatic heterocycles. The third-order valence-corrected chi connectivity index (χ3v) is 4.05. The highest BCUT2D eigenvalue weighted by Gasteiger charge is 2.34. The number of nitriles is 1. The number of nitrogens with one attached hydrogen (secondary N) is 1. The Morgan fingerprint density at radius 1 is 1.16 bits per heavy atom. The van der Waals surface area contributed by atoms with Crippen molar-refractivity contribution in [2.45, 2.75) is 0 Å². The lowest BCUT2D eigenvalue weighted by molar-refractivity contribution is -0.122. The lowest BCUT2D eigenvalue weighted by Crippen LogP contribution is -2.54. The fourth-order valence-electron chi connectivity index (χ4n) is 2.35. The van der Waals surface area contributed by atoms with Crippen LogP contribution in [-0.4, -0.2) is 16.9 Å². The van der Waals surface area contributed by atoms with Crippen molar-refractivity contribution >= 4 is 52.5 Å². The average Bonchev–Trinajstić information content (AvgIpc) is 2.60. The van der Waals surface area contributed by atoms with Gasteiger partial charge in [-0.1, -0.05) is 23.7 Å². The molecule has 7 heteroatoms. The highest BCUT2D eigenvalue weighted by atomic mass is 35.5. The second-order valence-corrected chi connectivity index (χ2v) is 5.99. The summed E-state index contributed by atoms with van der Waals surface area (Å²) in [7, 11) is 0. The van der Waals surface area contributed by atoms with Crippen molar-refractivity contribution in [1.29, 1.82) is 5.26 Å². The van der Waals surface area contributed by atoms with Gasteiger partial charge in [-0.05, 0) is 60.3 Å². The van der Waals surface area contributed by atoms with Crippen molar-refractivity contribution in [3.05, 3.63) is 70.3 Å². The monoisotopic (exact) mass is 367 g/mol. The topological polar surface area (TPSA) is 73.2 Å². The quantitative estimate of drug-likeness (QED) is 0.503. The molecule has 0 saturated carbocycles. The van der Waals surface area contributed by atoms with E-state index in [0.717, 1.165) is 0 Å². The van der Waals surface area contributed by atoms with Crippen molar-refractivity contribution in [2.75, 3.05) is 4.90 Å². The maximum absolute atomic E-state index is 12.8. The molecule has 1 aliphatic rings. The largest absolute Gasteiger partial charge is 0.298 e. The molecular formula is C18H10ClN3O2S. The van der Waals surface area contributed by atoms with Gasteiger partial charge in [0.15, 0.2) is 5.11 Å². The Morgan fingerprint density at radius 2 is 1.88 bits per heavy atom. The zero-order chi connectivity index (χ0) is 18.0. The Hall–Kier alpha value is -3.01. The summed E-state index contributed by atoms with van der Waals surface area (Å²) in [5.74, 6) is -1.12. The predicted molar refractivity (Wildman–Crippen MR) is 98.8 cm³/mol. The van der Waals surface area contributed by atoms with Gasteiger partial charge in [0.05, 0.1) is 17.3 Å². The summed E-state index contributed by atoms with van der Waals surface area (Å²) in [5, 5.41) is 12.0. The first-order chi connectivity index (χ1) is 12.0. The molecule has 1 heterocycles. The van der Waals surface area contributed by atoms with E-state index in [9.17, 15) is 9.59 Å². The normalized spacial score (nSPS) is 15.9. The van der Waals surface area contributed by atoms with Crippen molar-refractivity contribution in [3.8, 4) is 6.07 Å². The molecule has 3 rings (SSSR count). The van der Waals surface area contributed by atoms with Gasteiger partial charge in [-0.2, -0.15) is 5.26 Å². The Morgan fingerprint density at radius 3 is 2.56 bits per heavy atom. The Labute approximate surface area is 154 Å². The van der Waals surface area contributed by atoms with Crippen LogP contribution in [0, 0.1) is 11.3 Å². The van der Waals surface area contributed by atoms with Crippen LogP contribution in [0.25, 0.3) is 6.08 Å². The van der Waals surface area contributed by atoms with Crippen molar-refractivity contribution in [2.24, 2.45) is 0 Å². The molecule has 0 bridgehead atoms. The second kappa shape index (κ2) is 6.85. The number of anilines is 1. The van der Waals surface area contributed by atoms with E-state index in [0.29, 0.717) is 21.8 Å². The summed E-state index contributed by atoms with van der Waals surface area (Å²) in [6.45, 7) is 0. The van der Waals surface area contributed by atoms with Gasteiger partial charge >= 0.3 is 0 Å². The minimum Gasteiger partial charge on any atom is -0.298 e. The van der Waals surface area contributed by atoms with E-state index in [1.165, 1.54) is 11.0 Å². The first-order valence-corrected chi connectivity index (χ1v) is 7.95. The van der Waals surface area contributed by atoms with Crippen LogP contribution in [0.15, 0.2) is 54.1 Å². The smallest absolute Gasteiger partial charge is 0.270 e. The number of carbonyl (C=O) groups excluding carboxylic acids is 2. The van der Waals surface area contributed by atoms with E-state index in [2.05, 4.69) is 5.32 Å². The molecule has 2 aromatic carbocycles.